The fraction of sp³-hybridized carbons (Fsp3) is 0.462. The second-order valence-corrected chi connectivity index (χ2v) is 10.6. The molecule has 4 fully saturated rings. The molecule has 2 atom stereocenters. The highest BCUT2D eigenvalue weighted by Crippen LogP contribution is 2.48. The summed E-state index contributed by atoms with van der Waals surface area (Å²) in [5, 5.41) is 6.31. The van der Waals surface area contributed by atoms with Crippen LogP contribution in [0.25, 0.3) is 0 Å². The minimum atomic E-state index is -0.665. The molecule has 4 aliphatic rings. The topological polar surface area (TPSA) is 61.4 Å². The summed E-state index contributed by atoms with van der Waals surface area (Å²) in [7, 11) is 0. The van der Waals surface area contributed by atoms with E-state index < -0.39 is 11.5 Å². The Morgan fingerprint density at radius 2 is 1.73 bits per heavy atom. The summed E-state index contributed by atoms with van der Waals surface area (Å²) in [4.78, 5) is 29.2. The lowest BCUT2D eigenvalue weighted by Crippen LogP contribution is -2.60. The van der Waals surface area contributed by atoms with E-state index in [0.29, 0.717) is 25.2 Å². The van der Waals surface area contributed by atoms with Crippen molar-refractivity contribution in [3.8, 4) is 0 Å². The average molecular weight is 514 g/mol. The molecule has 6 rings (SSSR count). The van der Waals surface area contributed by atoms with Gasteiger partial charge in [-0.3, -0.25) is 9.59 Å². The molecule has 7 heteroatoms. The molecule has 3 saturated heterocycles. The van der Waals surface area contributed by atoms with Gasteiger partial charge in [0.2, 0.25) is 11.8 Å². The van der Waals surface area contributed by atoms with Gasteiger partial charge in [-0.15, -0.1) is 0 Å². The Hall–Kier alpha value is -2.25. The van der Waals surface area contributed by atoms with Crippen LogP contribution in [0.2, 0.25) is 0 Å². The van der Waals surface area contributed by atoms with Crippen molar-refractivity contribution in [1.29, 1.82) is 0 Å². The van der Waals surface area contributed by atoms with Crippen LogP contribution in [0.15, 0.2) is 53.0 Å². The number of fused-ring (bicyclic) bond motifs is 3. The Kier molecular flexibility index (Phi) is 6.27. The van der Waals surface area contributed by atoms with Crippen molar-refractivity contribution in [3.63, 3.8) is 0 Å². The number of nitrogens with zero attached hydrogens (tertiary/aromatic N) is 1. The van der Waals surface area contributed by atoms with Crippen molar-refractivity contribution in [2.75, 3.05) is 19.6 Å². The standard InChI is InChI=1S/C26H29BrFN3O2/c27-20-5-1-17(2-6-20)15-22(24(32)29-23-16-31-13-9-18(23)10-14-31)30-25(33)26(11-12-26)19-3-7-21(28)8-4-19/h1-8,18,22-23H,9-16H2,(H,29,32)(H,30,33)/t22?,23-/m1/s1. The third-order valence-corrected chi connectivity index (χ3v) is 8.07. The van der Waals surface area contributed by atoms with Crippen LogP contribution >= 0.6 is 15.9 Å². The second-order valence-electron chi connectivity index (χ2n) is 9.70. The third kappa shape index (κ3) is 4.85. The molecule has 2 amide bonds. The second kappa shape index (κ2) is 9.18. The highest BCUT2D eigenvalue weighted by atomic mass is 79.9. The maximum Gasteiger partial charge on any atom is 0.243 e. The quantitative estimate of drug-likeness (QED) is 0.594. The van der Waals surface area contributed by atoms with E-state index in [1.54, 1.807) is 12.1 Å². The van der Waals surface area contributed by atoms with E-state index in [1.807, 2.05) is 24.3 Å². The summed E-state index contributed by atoms with van der Waals surface area (Å²) in [5.41, 5.74) is 1.13. The molecule has 174 valence electrons. The Labute approximate surface area is 202 Å². The van der Waals surface area contributed by atoms with Gasteiger partial charge in [0.05, 0.1) is 5.41 Å². The first kappa shape index (κ1) is 22.5. The van der Waals surface area contributed by atoms with Gasteiger partial charge in [-0.1, -0.05) is 40.2 Å². The molecular formula is C26H29BrFN3O2. The summed E-state index contributed by atoms with van der Waals surface area (Å²) in [5.74, 6) is -0.0860. The smallest absolute Gasteiger partial charge is 0.243 e. The average Bonchev–Trinajstić information content (AvgIpc) is 3.63. The first-order valence-corrected chi connectivity index (χ1v) is 12.6. The van der Waals surface area contributed by atoms with Gasteiger partial charge in [0.1, 0.15) is 11.9 Å². The number of rotatable bonds is 7. The number of hydrogen-bond donors (Lipinski definition) is 2. The number of nitrogens with one attached hydrogen (secondary N) is 2. The largest absolute Gasteiger partial charge is 0.350 e. The predicted octanol–water partition coefficient (Wildman–Crippen LogP) is 3.56. The van der Waals surface area contributed by atoms with Crippen LogP contribution in [0, 0.1) is 11.7 Å². The number of benzene rings is 2. The van der Waals surface area contributed by atoms with Gasteiger partial charge in [-0.2, -0.15) is 0 Å². The highest BCUT2D eigenvalue weighted by Gasteiger charge is 2.52. The monoisotopic (exact) mass is 513 g/mol. The Morgan fingerprint density at radius 1 is 1.06 bits per heavy atom. The molecule has 2 aromatic rings. The summed E-state index contributed by atoms with van der Waals surface area (Å²) < 4.78 is 14.4. The van der Waals surface area contributed by atoms with E-state index in [2.05, 4.69) is 31.5 Å². The number of hydrogen-bond acceptors (Lipinski definition) is 3. The molecule has 0 radical (unpaired) electrons. The fourth-order valence-corrected chi connectivity index (χ4v) is 5.58. The molecule has 2 N–H and O–H groups in total. The van der Waals surface area contributed by atoms with Crippen LogP contribution in [-0.2, 0) is 21.4 Å². The maximum atomic E-state index is 13.4. The van der Waals surface area contributed by atoms with Crippen LogP contribution in [-0.4, -0.2) is 48.4 Å². The maximum absolute atomic E-state index is 13.4. The van der Waals surface area contributed by atoms with Crippen molar-refractivity contribution < 1.29 is 14.0 Å². The van der Waals surface area contributed by atoms with E-state index in [-0.39, 0.29) is 23.7 Å². The van der Waals surface area contributed by atoms with Crippen LogP contribution in [0.1, 0.15) is 36.8 Å². The molecule has 0 aromatic heterocycles. The minimum Gasteiger partial charge on any atom is -0.350 e. The van der Waals surface area contributed by atoms with Crippen LogP contribution < -0.4 is 10.6 Å². The SMILES string of the molecule is O=C(N[C@@H]1CN2CCC1CC2)C(Cc1ccc(Br)cc1)NC(=O)C1(c2ccc(F)cc2)CC1. The molecule has 2 bridgehead atoms. The van der Waals surface area contributed by atoms with Gasteiger partial charge in [0, 0.05) is 23.5 Å². The summed E-state index contributed by atoms with van der Waals surface area (Å²) in [6.07, 6.45) is 4.06. The van der Waals surface area contributed by atoms with Gasteiger partial charge in [-0.05, 0) is 80.1 Å². The van der Waals surface area contributed by atoms with Gasteiger partial charge in [0.15, 0.2) is 0 Å². The number of piperidine rings is 3. The normalized spacial score (nSPS) is 25.8. The zero-order valence-electron chi connectivity index (χ0n) is 18.5. The fourth-order valence-electron chi connectivity index (χ4n) is 5.31. The van der Waals surface area contributed by atoms with Gasteiger partial charge in [-0.25, -0.2) is 4.39 Å². The zero-order chi connectivity index (χ0) is 23.0. The van der Waals surface area contributed by atoms with E-state index >= 15 is 0 Å². The van der Waals surface area contributed by atoms with Crippen LogP contribution in [0.3, 0.4) is 0 Å². The molecule has 3 aliphatic heterocycles. The first-order valence-electron chi connectivity index (χ1n) is 11.8. The van der Waals surface area contributed by atoms with Crippen molar-refractivity contribution in [2.24, 2.45) is 5.92 Å². The molecule has 1 aliphatic carbocycles. The number of carbonyl (C=O) groups excluding carboxylic acids is 2. The number of halogens is 2. The molecule has 33 heavy (non-hydrogen) atoms. The van der Waals surface area contributed by atoms with Gasteiger partial charge >= 0.3 is 0 Å². The van der Waals surface area contributed by atoms with E-state index in [0.717, 1.165) is 48.1 Å². The summed E-state index contributed by atoms with van der Waals surface area (Å²) >= 11 is 3.45. The Morgan fingerprint density at radius 3 is 2.30 bits per heavy atom. The minimum absolute atomic E-state index is 0.125. The predicted molar refractivity (Wildman–Crippen MR) is 128 cm³/mol. The molecule has 5 nitrogen and oxygen atoms in total. The van der Waals surface area contributed by atoms with E-state index in [9.17, 15) is 14.0 Å². The number of carbonyl (C=O) groups is 2. The molecule has 0 spiro atoms. The third-order valence-electron chi connectivity index (χ3n) is 7.54. The van der Waals surface area contributed by atoms with E-state index in [4.69, 9.17) is 0 Å². The molecule has 2 aromatic carbocycles. The Balaban J connectivity index is 1.33. The highest BCUT2D eigenvalue weighted by molar-refractivity contribution is 9.10. The lowest BCUT2D eigenvalue weighted by atomic mass is 9.84. The van der Waals surface area contributed by atoms with Gasteiger partial charge < -0.3 is 15.5 Å². The molecule has 3 heterocycles. The summed E-state index contributed by atoms with van der Waals surface area (Å²) in [6, 6.07) is 13.4. The van der Waals surface area contributed by atoms with Crippen LogP contribution in [0.4, 0.5) is 4.39 Å². The van der Waals surface area contributed by atoms with Crippen molar-refractivity contribution in [1.82, 2.24) is 15.5 Å². The summed E-state index contributed by atoms with van der Waals surface area (Å²) in [6.45, 7) is 3.10. The molecule has 1 unspecified atom stereocenters. The van der Waals surface area contributed by atoms with Crippen molar-refractivity contribution in [2.45, 2.75) is 49.6 Å². The van der Waals surface area contributed by atoms with Gasteiger partial charge in [0.25, 0.3) is 0 Å². The van der Waals surface area contributed by atoms with Crippen LogP contribution in [0.5, 0.6) is 0 Å². The van der Waals surface area contributed by atoms with Crippen molar-refractivity contribution >= 4 is 27.7 Å². The zero-order valence-corrected chi connectivity index (χ0v) is 20.1. The number of amides is 2. The molecular weight excluding hydrogens is 485 g/mol. The Bertz CT molecular complexity index is 1010. The van der Waals surface area contributed by atoms with Crippen molar-refractivity contribution in [3.05, 3.63) is 69.9 Å². The lowest BCUT2D eigenvalue weighted by molar-refractivity contribution is -0.131. The van der Waals surface area contributed by atoms with E-state index in [1.165, 1.54) is 12.1 Å². The first-order chi connectivity index (χ1) is 15.9. The molecule has 1 saturated carbocycles. The lowest BCUT2D eigenvalue weighted by Gasteiger charge is -2.45.